The molecule has 1 aliphatic heterocycles. The number of amides is 2. The zero-order chi connectivity index (χ0) is 25.9. The minimum absolute atomic E-state index is 0.185. The number of nitrogens with zero attached hydrogens (tertiary/aromatic N) is 1. The first kappa shape index (κ1) is 23.9. The molecule has 3 aromatic rings. The summed E-state index contributed by atoms with van der Waals surface area (Å²) in [7, 11) is 0. The molecule has 0 saturated carbocycles. The second-order valence-electron chi connectivity index (χ2n) is 9.50. The van der Waals surface area contributed by atoms with Crippen LogP contribution in [-0.4, -0.2) is 41.6 Å². The molecule has 7 rings (SSSR count). The predicted molar refractivity (Wildman–Crippen MR) is 136 cm³/mol. The number of ketones is 1. The molecule has 0 spiro atoms. The van der Waals surface area contributed by atoms with E-state index in [4.69, 9.17) is 27.9 Å². The Morgan fingerprint density at radius 3 is 1.62 bits per heavy atom. The molecule has 4 aliphatic rings. The summed E-state index contributed by atoms with van der Waals surface area (Å²) in [4.78, 5) is 50.6. The lowest BCUT2D eigenvalue weighted by Gasteiger charge is -2.54. The zero-order valence-corrected chi connectivity index (χ0v) is 21.0. The van der Waals surface area contributed by atoms with Crippen molar-refractivity contribution in [3.8, 4) is 0 Å². The van der Waals surface area contributed by atoms with Gasteiger partial charge in [-0.1, -0.05) is 78.9 Å². The number of carbonyl (C=O) groups excluding carboxylic acids is 4. The minimum atomic E-state index is -1.27. The van der Waals surface area contributed by atoms with Crippen LogP contribution < -0.4 is 0 Å². The van der Waals surface area contributed by atoms with Crippen molar-refractivity contribution in [3.63, 3.8) is 0 Å². The number of likely N-dealkylation sites (tertiary alicyclic amines) is 1. The average Bonchev–Trinajstić information content (AvgIpc) is 3.19. The Labute approximate surface area is 223 Å². The first-order valence-corrected chi connectivity index (χ1v) is 12.7. The van der Waals surface area contributed by atoms with Gasteiger partial charge in [0.2, 0.25) is 11.8 Å². The van der Waals surface area contributed by atoms with Crippen molar-refractivity contribution in [1.29, 1.82) is 0 Å². The van der Waals surface area contributed by atoms with Crippen LogP contribution >= 0.6 is 23.2 Å². The zero-order valence-electron chi connectivity index (χ0n) is 19.5. The number of ether oxygens (including phenoxy) is 1. The minimum Gasteiger partial charge on any atom is -0.457 e. The number of benzene rings is 3. The van der Waals surface area contributed by atoms with Crippen LogP contribution in [0.2, 0.25) is 0 Å². The van der Waals surface area contributed by atoms with Crippen LogP contribution in [0, 0.1) is 11.8 Å². The third-order valence-electron chi connectivity index (χ3n) is 7.68. The highest BCUT2D eigenvalue weighted by Gasteiger charge is 2.72. The number of rotatable bonds is 6. The van der Waals surface area contributed by atoms with Gasteiger partial charge in [-0.2, -0.15) is 0 Å². The lowest BCUT2D eigenvalue weighted by Crippen LogP contribution is -2.57. The highest BCUT2D eigenvalue weighted by atomic mass is 35.5. The second kappa shape index (κ2) is 8.54. The van der Waals surface area contributed by atoms with Gasteiger partial charge in [-0.15, -0.1) is 23.2 Å². The van der Waals surface area contributed by atoms with Gasteiger partial charge >= 0.3 is 5.97 Å². The van der Waals surface area contributed by atoms with Gasteiger partial charge in [0.15, 0.2) is 12.4 Å². The van der Waals surface area contributed by atoms with Gasteiger partial charge in [0, 0.05) is 12.1 Å². The fourth-order valence-electron chi connectivity index (χ4n) is 6.07. The van der Waals surface area contributed by atoms with Crippen LogP contribution in [0.3, 0.4) is 0 Å². The molecule has 2 amide bonds. The standard InChI is InChI=1S/C29H21Cl2NO5/c30-28-18-10-4-5-11-19(18)29(31,21-13-7-6-12-20(21)28)25-24(28)26(35)32(27(25)36)15-14-23(34)37-16-22(33)17-8-2-1-3-9-17/h1-13,24-25H,14-16H2/t24-,25+,28?,29?. The maximum Gasteiger partial charge on any atom is 0.308 e. The monoisotopic (exact) mass is 533 g/mol. The fourth-order valence-corrected chi connectivity index (χ4v) is 7.17. The summed E-state index contributed by atoms with van der Waals surface area (Å²) in [6.45, 7) is -0.605. The number of alkyl halides is 2. The first-order chi connectivity index (χ1) is 17.8. The van der Waals surface area contributed by atoms with Crippen LogP contribution in [0.25, 0.3) is 0 Å². The van der Waals surface area contributed by atoms with E-state index < -0.39 is 46.0 Å². The van der Waals surface area contributed by atoms with Crippen molar-refractivity contribution >= 4 is 46.8 Å². The van der Waals surface area contributed by atoms with E-state index >= 15 is 0 Å². The third-order valence-corrected chi connectivity index (χ3v) is 8.96. The molecule has 1 saturated heterocycles. The van der Waals surface area contributed by atoms with Crippen molar-refractivity contribution < 1.29 is 23.9 Å². The molecule has 0 N–H and O–H groups in total. The molecule has 0 unspecified atom stereocenters. The molecule has 37 heavy (non-hydrogen) atoms. The Hall–Kier alpha value is -3.48. The van der Waals surface area contributed by atoms with Crippen LogP contribution in [0.4, 0.5) is 0 Å². The summed E-state index contributed by atoms with van der Waals surface area (Å²) in [5.41, 5.74) is 3.29. The third kappa shape index (κ3) is 3.25. The largest absolute Gasteiger partial charge is 0.457 e. The highest BCUT2D eigenvalue weighted by molar-refractivity contribution is 6.36. The molecule has 6 nitrogen and oxygen atoms in total. The molecule has 0 radical (unpaired) electrons. The van der Waals surface area contributed by atoms with Crippen LogP contribution in [0.1, 0.15) is 39.0 Å². The number of Topliss-reactive ketones (excluding diaryl/α,β-unsaturated/α-hetero) is 1. The fraction of sp³-hybridized carbons (Fsp3) is 0.241. The van der Waals surface area contributed by atoms with Crippen molar-refractivity contribution in [2.45, 2.75) is 16.2 Å². The molecule has 8 heteroatoms. The van der Waals surface area contributed by atoms with Crippen molar-refractivity contribution in [1.82, 2.24) is 4.90 Å². The smallest absolute Gasteiger partial charge is 0.308 e. The molecule has 1 fully saturated rings. The number of hydrogen-bond donors (Lipinski definition) is 0. The Morgan fingerprint density at radius 2 is 1.16 bits per heavy atom. The average molecular weight is 534 g/mol. The Balaban J connectivity index is 1.26. The van der Waals surface area contributed by atoms with E-state index in [1.54, 1.807) is 30.3 Å². The van der Waals surface area contributed by atoms with Gasteiger partial charge in [0.1, 0.15) is 9.75 Å². The Kier molecular flexibility index (Phi) is 5.51. The molecule has 3 aliphatic carbocycles. The first-order valence-electron chi connectivity index (χ1n) is 12.0. The second-order valence-corrected chi connectivity index (χ2v) is 10.7. The number of carbonyl (C=O) groups is 4. The topological polar surface area (TPSA) is 80.8 Å². The van der Waals surface area contributed by atoms with E-state index in [-0.39, 0.29) is 18.7 Å². The predicted octanol–water partition coefficient (Wildman–Crippen LogP) is 4.40. The normalized spacial score (nSPS) is 26.9. The molecule has 186 valence electrons. The van der Waals surface area contributed by atoms with E-state index in [0.29, 0.717) is 27.8 Å². The lowest BCUT2D eigenvalue weighted by atomic mass is 9.54. The van der Waals surface area contributed by atoms with Crippen LogP contribution in [0.15, 0.2) is 78.9 Å². The van der Waals surface area contributed by atoms with Gasteiger partial charge in [0.25, 0.3) is 0 Å². The molecular formula is C29H21Cl2NO5. The lowest BCUT2D eigenvalue weighted by molar-refractivity contribution is -0.145. The molecule has 2 atom stereocenters. The van der Waals surface area contributed by atoms with Crippen molar-refractivity contribution in [2.24, 2.45) is 11.8 Å². The van der Waals surface area contributed by atoms with Crippen LogP contribution in [-0.2, 0) is 28.9 Å². The Morgan fingerprint density at radius 1 is 0.730 bits per heavy atom. The molecular weight excluding hydrogens is 513 g/mol. The van der Waals surface area contributed by atoms with Gasteiger partial charge < -0.3 is 4.74 Å². The maximum absolute atomic E-state index is 13.7. The number of esters is 1. The number of hydrogen-bond acceptors (Lipinski definition) is 5. The van der Waals surface area contributed by atoms with Gasteiger partial charge in [-0.25, -0.2) is 0 Å². The van der Waals surface area contributed by atoms with E-state index in [1.807, 2.05) is 48.5 Å². The summed E-state index contributed by atoms with van der Waals surface area (Å²) >= 11 is 14.7. The molecule has 1 heterocycles. The van der Waals surface area contributed by atoms with E-state index in [0.717, 1.165) is 4.90 Å². The SMILES string of the molecule is O=C(CCN1C(=O)[C@@H]2[C@H](C1=O)C1(Cl)c3ccccc3C2(Cl)c2ccccc21)OCC(=O)c1ccccc1. The maximum atomic E-state index is 13.7. The quantitative estimate of drug-likeness (QED) is 0.203. The van der Waals surface area contributed by atoms with Gasteiger partial charge in [-0.05, 0) is 22.3 Å². The summed E-state index contributed by atoms with van der Waals surface area (Å²) < 4.78 is 5.11. The van der Waals surface area contributed by atoms with Crippen LogP contribution in [0.5, 0.6) is 0 Å². The summed E-state index contributed by atoms with van der Waals surface area (Å²) in [6.07, 6.45) is -0.247. The van der Waals surface area contributed by atoms with Crippen molar-refractivity contribution in [2.75, 3.05) is 13.2 Å². The van der Waals surface area contributed by atoms with E-state index in [1.165, 1.54) is 0 Å². The van der Waals surface area contributed by atoms with Gasteiger partial charge in [-0.3, -0.25) is 24.1 Å². The molecule has 0 aromatic heterocycles. The van der Waals surface area contributed by atoms with Crippen molar-refractivity contribution in [3.05, 3.63) is 107 Å². The van der Waals surface area contributed by atoms with Gasteiger partial charge in [0.05, 0.1) is 18.3 Å². The summed E-state index contributed by atoms with van der Waals surface area (Å²) in [5.74, 6) is -3.79. The Bertz CT molecular complexity index is 1350. The number of imide groups is 1. The highest BCUT2D eigenvalue weighted by Crippen LogP contribution is 2.69. The molecule has 2 bridgehead atoms. The van der Waals surface area contributed by atoms with E-state index in [2.05, 4.69) is 0 Å². The van der Waals surface area contributed by atoms with E-state index in [9.17, 15) is 19.2 Å². The number of halogens is 2. The molecule has 3 aromatic carbocycles. The summed E-state index contributed by atoms with van der Waals surface area (Å²) in [5, 5.41) is 0. The summed E-state index contributed by atoms with van der Waals surface area (Å²) in [6, 6.07) is 23.3.